The Morgan fingerprint density at radius 3 is 2.73 bits per heavy atom. The summed E-state index contributed by atoms with van der Waals surface area (Å²) in [5.41, 5.74) is 0.423. The first-order valence-corrected chi connectivity index (χ1v) is 7.88. The molecule has 0 atom stereocenters. The van der Waals surface area contributed by atoms with Gasteiger partial charge in [-0.2, -0.15) is 0 Å². The Hall–Kier alpha value is -2.04. The van der Waals surface area contributed by atoms with Crippen molar-refractivity contribution < 1.29 is 19.1 Å². The number of carbonyl (C=O) groups excluding carboxylic acids is 2. The Morgan fingerprint density at radius 1 is 1.23 bits per heavy atom. The van der Waals surface area contributed by atoms with Gasteiger partial charge in [0.25, 0.3) is 5.91 Å². The van der Waals surface area contributed by atoms with Crippen LogP contribution in [-0.4, -0.2) is 31.1 Å². The molecule has 1 N–H and O–H groups in total. The summed E-state index contributed by atoms with van der Waals surface area (Å²) in [6.45, 7) is 2.05. The van der Waals surface area contributed by atoms with Crippen molar-refractivity contribution in [3.8, 4) is 5.75 Å². The number of carbonyl (C=O) groups is 2. The van der Waals surface area contributed by atoms with Gasteiger partial charge in [-0.1, -0.05) is 25.3 Å². The lowest BCUT2D eigenvalue weighted by Gasteiger charge is -2.22. The predicted molar refractivity (Wildman–Crippen MR) is 82.9 cm³/mol. The van der Waals surface area contributed by atoms with Crippen LogP contribution in [-0.2, 0) is 9.53 Å². The third-order valence-electron chi connectivity index (χ3n) is 3.69. The number of hydrogen-bond donors (Lipinski definition) is 1. The molecule has 0 saturated heterocycles. The molecule has 0 aliphatic heterocycles. The maximum atomic E-state index is 11.9. The van der Waals surface area contributed by atoms with Crippen LogP contribution in [0.3, 0.4) is 0 Å². The second kappa shape index (κ2) is 8.41. The average Bonchev–Trinajstić information content (AvgIpc) is 2.54. The Bertz CT molecular complexity index is 509. The van der Waals surface area contributed by atoms with Crippen molar-refractivity contribution in [2.75, 3.05) is 13.2 Å². The van der Waals surface area contributed by atoms with Gasteiger partial charge in [-0.25, -0.2) is 4.79 Å². The van der Waals surface area contributed by atoms with Crippen molar-refractivity contribution in [3.63, 3.8) is 0 Å². The largest absolute Gasteiger partial charge is 0.484 e. The van der Waals surface area contributed by atoms with Crippen molar-refractivity contribution in [1.29, 1.82) is 0 Å². The molecule has 120 valence electrons. The zero-order chi connectivity index (χ0) is 15.8. The van der Waals surface area contributed by atoms with Gasteiger partial charge in [0.05, 0.1) is 12.2 Å². The van der Waals surface area contributed by atoms with Crippen LogP contribution in [0.25, 0.3) is 0 Å². The fraction of sp³-hybridized carbons (Fsp3) is 0.529. The number of esters is 1. The lowest BCUT2D eigenvalue weighted by atomic mass is 9.95. The molecule has 1 aromatic carbocycles. The SMILES string of the molecule is CCOC(=O)c1cccc(OCC(=O)NC2CCCCC2)c1. The first kappa shape index (κ1) is 16.3. The molecule has 0 unspecified atom stereocenters. The lowest BCUT2D eigenvalue weighted by molar-refractivity contribution is -0.124. The van der Waals surface area contributed by atoms with E-state index in [1.54, 1.807) is 31.2 Å². The fourth-order valence-corrected chi connectivity index (χ4v) is 2.59. The number of nitrogens with one attached hydrogen (secondary N) is 1. The predicted octanol–water partition coefficient (Wildman–Crippen LogP) is 2.69. The summed E-state index contributed by atoms with van der Waals surface area (Å²) < 4.78 is 10.4. The van der Waals surface area contributed by atoms with Gasteiger partial charge in [-0.05, 0) is 38.0 Å². The van der Waals surface area contributed by atoms with Crippen LogP contribution in [0.15, 0.2) is 24.3 Å². The van der Waals surface area contributed by atoms with Crippen molar-refractivity contribution >= 4 is 11.9 Å². The summed E-state index contributed by atoms with van der Waals surface area (Å²) in [5.74, 6) is -0.0163. The quantitative estimate of drug-likeness (QED) is 0.821. The van der Waals surface area contributed by atoms with Crippen molar-refractivity contribution in [2.45, 2.75) is 45.1 Å². The summed E-state index contributed by atoms with van der Waals surface area (Å²) in [5, 5.41) is 2.99. The van der Waals surface area contributed by atoms with E-state index in [0.29, 0.717) is 17.9 Å². The molecular formula is C17H23NO4. The van der Waals surface area contributed by atoms with Crippen molar-refractivity contribution in [1.82, 2.24) is 5.32 Å². The standard InChI is InChI=1S/C17H23NO4/c1-2-21-17(20)13-7-6-10-15(11-13)22-12-16(19)18-14-8-4-3-5-9-14/h6-7,10-11,14H,2-5,8-9,12H2,1H3,(H,18,19). The summed E-state index contributed by atoms with van der Waals surface area (Å²) in [7, 11) is 0. The Morgan fingerprint density at radius 2 is 2.00 bits per heavy atom. The number of hydrogen-bond acceptors (Lipinski definition) is 4. The van der Waals surface area contributed by atoms with E-state index < -0.39 is 0 Å². The molecule has 1 aliphatic rings. The van der Waals surface area contributed by atoms with Gasteiger partial charge in [0.15, 0.2) is 6.61 Å². The highest BCUT2D eigenvalue weighted by Gasteiger charge is 2.16. The van der Waals surface area contributed by atoms with Crippen molar-refractivity contribution in [3.05, 3.63) is 29.8 Å². The topological polar surface area (TPSA) is 64.6 Å². The number of amides is 1. The second-order valence-corrected chi connectivity index (χ2v) is 5.44. The minimum atomic E-state index is -0.389. The number of ether oxygens (including phenoxy) is 2. The Kier molecular flexibility index (Phi) is 6.25. The smallest absolute Gasteiger partial charge is 0.338 e. The van der Waals surface area contributed by atoms with Crippen LogP contribution in [0.4, 0.5) is 0 Å². The molecule has 2 rings (SSSR count). The molecule has 1 amide bonds. The van der Waals surface area contributed by atoms with Crippen LogP contribution in [0, 0.1) is 0 Å². The maximum absolute atomic E-state index is 11.9. The first-order valence-electron chi connectivity index (χ1n) is 7.88. The molecule has 0 bridgehead atoms. The van der Waals surface area contributed by atoms with Crippen LogP contribution < -0.4 is 10.1 Å². The number of benzene rings is 1. The molecule has 1 aliphatic carbocycles. The van der Waals surface area contributed by atoms with Gasteiger partial charge in [-0.3, -0.25) is 4.79 Å². The maximum Gasteiger partial charge on any atom is 0.338 e. The summed E-state index contributed by atoms with van der Waals surface area (Å²) in [4.78, 5) is 23.5. The Balaban J connectivity index is 1.81. The van der Waals surface area contributed by atoms with Gasteiger partial charge in [0.2, 0.25) is 0 Å². The van der Waals surface area contributed by atoms with Crippen LogP contribution in [0.1, 0.15) is 49.4 Å². The molecule has 1 fully saturated rings. The molecule has 22 heavy (non-hydrogen) atoms. The molecule has 1 aromatic rings. The molecule has 0 aromatic heterocycles. The highest BCUT2D eigenvalue weighted by molar-refractivity contribution is 5.89. The first-order chi connectivity index (χ1) is 10.7. The fourth-order valence-electron chi connectivity index (χ4n) is 2.59. The van der Waals surface area contributed by atoms with E-state index in [1.807, 2.05) is 0 Å². The van der Waals surface area contributed by atoms with Gasteiger partial charge in [0.1, 0.15) is 5.75 Å². The average molecular weight is 305 g/mol. The van der Waals surface area contributed by atoms with Gasteiger partial charge < -0.3 is 14.8 Å². The third-order valence-corrected chi connectivity index (χ3v) is 3.69. The van der Waals surface area contributed by atoms with Crippen LogP contribution in [0.5, 0.6) is 5.75 Å². The Labute approximate surface area is 131 Å². The third kappa shape index (κ3) is 5.06. The minimum Gasteiger partial charge on any atom is -0.484 e. The minimum absolute atomic E-state index is 0.0389. The normalized spacial score (nSPS) is 15.1. The van der Waals surface area contributed by atoms with Crippen molar-refractivity contribution in [2.24, 2.45) is 0 Å². The molecular weight excluding hydrogens is 282 g/mol. The van der Waals surface area contributed by atoms with E-state index in [-0.39, 0.29) is 24.5 Å². The molecule has 1 saturated carbocycles. The van der Waals surface area contributed by atoms with E-state index >= 15 is 0 Å². The van der Waals surface area contributed by atoms with Crippen LogP contribution >= 0.6 is 0 Å². The van der Waals surface area contributed by atoms with E-state index in [9.17, 15) is 9.59 Å². The van der Waals surface area contributed by atoms with Gasteiger partial charge >= 0.3 is 5.97 Å². The molecule has 0 heterocycles. The highest BCUT2D eigenvalue weighted by Crippen LogP contribution is 2.17. The molecule has 5 nitrogen and oxygen atoms in total. The van der Waals surface area contributed by atoms with Gasteiger partial charge in [0, 0.05) is 6.04 Å². The van der Waals surface area contributed by atoms with E-state index in [0.717, 1.165) is 12.8 Å². The molecule has 0 spiro atoms. The summed E-state index contributed by atoms with van der Waals surface area (Å²) in [6.07, 6.45) is 5.69. The van der Waals surface area contributed by atoms with Gasteiger partial charge in [-0.15, -0.1) is 0 Å². The van der Waals surface area contributed by atoms with E-state index in [1.165, 1.54) is 19.3 Å². The van der Waals surface area contributed by atoms with E-state index in [4.69, 9.17) is 9.47 Å². The second-order valence-electron chi connectivity index (χ2n) is 5.44. The molecule has 5 heteroatoms. The summed E-state index contributed by atoms with van der Waals surface area (Å²) in [6, 6.07) is 6.95. The molecule has 0 radical (unpaired) electrons. The van der Waals surface area contributed by atoms with Crippen LogP contribution in [0.2, 0.25) is 0 Å². The number of rotatable bonds is 6. The van der Waals surface area contributed by atoms with E-state index in [2.05, 4.69) is 5.32 Å². The highest BCUT2D eigenvalue weighted by atomic mass is 16.5. The summed E-state index contributed by atoms with van der Waals surface area (Å²) >= 11 is 0. The zero-order valence-electron chi connectivity index (χ0n) is 13.0. The lowest BCUT2D eigenvalue weighted by Crippen LogP contribution is -2.38. The monoisotopic (exact) mass is 305 g/mol. The zero-order valence-corrected chi connectivity index (χ0v) is 13.0.